The van der Waals surface area contributed by atoms with Crippen molar-refractivity contribution in [3.05, 3.63) is 18.2 Å². The number of nitrogen functional groups attached to an aromatic ring is 1. The first kappa shape index (κ1) is 14.5. The van der Waals surface area contributed by atoms with E-state index in [4.69, 9.17) is 10.5 Å². The molecule has 1 fully saturated rings. The van der Waals surface area contributed by atoms with Gasteiger partial charge in [0.05, 0.1) is 38.3 Å². The molecule has 0 aliphatic carbocycles. The number of aromatic nitrogens is 2. The molecule has 21 heavy (non-hydrogen) atoms. The largest absolute Gasteiger partial charge is 0.399 e. The molecule has 2 heterocycles. The lowest BCUT2D eigenvalue weighted by Gasteiger charge is -2.26. The number of rotatable bonds is 2. The Morgan fingerprint density at radius 3 is 2.71 bits per heavy atom. The topological polar surface area (TPSA) is 81.0 Å². The molecule has 1 aliphatic rings. The second-order valence-corrected chi connectivity index (χ2v) is 8.32. The average molecular weight is 307 g/mol. The van der Waals surface area contributed by atoms with E-state index in [2.05, 4.69) is 9.97 Å². The van der Waals surface area contributed by atoms with Crippen LogP contribution in [0.15, 0.2) is 23.4 Å². The number of hydrogen-bond donors (Lipinski definition) is 2. The summed E-state index contributed by atoms with van der Waals surface area (Å²) in [7, 11) is -1.25. The van der Waals surface area contributed by atoms with Gasteiger partial charge in [-0.1, -0.05) is 0 Å². The van der Waals surface area contributed by atoms with Crippen LogP contribution in [0.1, 0.15) is 34.1 Å². The van der Waals surface area contributed by atoms with E-state index < -0.39 is 16.4 Å². The minimum Gasteiger partial charge on any atom is -0.399 e. The summed E-state index contributed by atoms with van der Waals surface area (Å²) in [6, 6.07) is 5.44. The summed E-state index contributed by atoms with van der Waals surface area (Å²) < 4.78 is 18.9. The van der Waals surface area contributed by atoms with Gasteiger partial charge in [0.1, 0.15) is 0 Å². The third-order valence-electron chi connectivity index (χ3n) is 3.92. The van der Waals surface area contributed by atoms with Gasteiger partial charge in [0.2, 0.25) is 0 Å². The van der Waals surface area contributed by atoms with Gasteiger partial charge in [-0.15, -0.1) is 0 Å². The van der Waals surface area contributed by atoms with Crippen molar-refractivity contribution in [1.29, 1.82) is 0 Å². The number of ether oxygens (including phenoxy) is 1. The third-order valence-corrected chi connectivity index (χ3v) is 5.75. The fourth-order valence-electron chi connectivity index (χ4n) is 3.08. The van der Waals surface area contributed by atoms with Crippen LogP contribution in [0.3, 0.4) is 0 Å². The fourth-order valence-corrected chi connectivity index (χ4v) is 4.86. The molecule has 3 rings (SSSR count). The Kier molecular flexibility index (Phi) is 3.15. The predicted molar refractivity (Wildman–Crippen MR) is 84.6 cm³/mol. The van der Waals surface area contributed by atoms with Gasteiger partial charge >= 0.3 is 0 Å². The summed E-state index contributed by atoms with van der Waals surface area (Å²) in [6.45, 7) is 8.05. The summed E-state index contributed by atoms with van der Waals surface area (Å²) >= 11 is 0. The lowest BCUT2D eigenvalue weighted by Crippen LogP contribution is -2.36. The summed E-state index contributed by atoms with van der Waals surface area (Å²) in [5.74, 6) is 0. The average Bonchev–Trinajstić information content (AvgIpc) is 2.85. The maximum atomic E-state index is 12.9. The van der Waals surface area contributed by atoms with Crippen molar-refractivity contribution in [3.63, 3.8) is 0 Å². The van der Waals surface area contributed by atoms with E-state index in [1.807, 2.05) is 39.8 Å². The first-order valence-electron chi connectivity index (χ1n) is 7.04. The molecule has 5 nitrogen and oxygen atoms in total. The van der Waals surface area contributed by atoms with Crippen LogP contribution in [0.2, 0.25) is 0 Å². The molecule has 0 bridgehead atoms. The Balaban J connectivity index is 1.97. The van der Waals surface area contributed by atoms with Gasteiger partial charge in [-0.2, -0.15) is 0 Å². The van der Waals surface area contributed by atoms with Crippen molar-refractivity contribution in [2.24, 2.45) is 0 Å². The van der Waals surface area contributed by atoms with E-state index in [0.29, 0.717) is 10.8 Å². The number of imidazole rings is 1. The van der Waals surface area contributed by atoms with Gasteiger partial charge in [0.15, 0.2) is 5.16 Å². The van der Waals surface area contributed by atoms with Crippen molar-refractivity contribution < 1.29 is 8.95 Å². The molecule has 3 N–H and O–H groups in total. The highest BCUT2D eigenvalue weighted by Gasteiger charge is 2.49. The van der Waals surface area contributed by atoms with Crippen LogP contribution in [0.4, 0.5) is 5.69 Å². The number of hydrogen-bond acceptors (Lipinski definition) is 4. The summed E-state index contributed by atoms with van der Waals surface area (Å²) in [4.78, 5) is 7.58. The molecular formula is C15H21N3O2S. The molecule has 1 aromatic heterocycles. The van der Waals surface area contributed by atoms with Gasteiger partial charge in [0, 0.05) is 5.69 Å². The van der Waals surface area contributed by atoms with Crippen LogP contribution in [-0.4, -0.2) is 30.6 Å². The number of benzene rings is 1. The first-order valence-corrected chi connectivity index (χ1v) is 8.25. The molecule has 0 saturated carbocycles. The molecule has 2 unspecified atom stereocenters. The lowest BCUT2D eigenvalue weighted by atomic mass is 10.0. The zero-order valence-corrected chi connectivity index (χ0v) is 13.6. The smallest absolute Gasteiger partial charge is 0.197 e. The number of nitrogens with one attached hydrogen (secondary N) is 1. The maximum Gasteiger partial charge on any atom is 0.197 e. The monoisotopic (exact) mass is 307 g/mol. The molecule has 1 saturated heterocycles. The lowest BCUT2D eigenvalue weighted by molar-refractivity contribution is -0.0633. The molecule has 6 heteroatoms. The Morgan fingerprint density at radius 2 is 2.10 bits per heavy atom. The molecule has 0 amide bonds. The van der Waals surface area contributed by atoms with Gasteiger partial charge in [-0.3, -0.25) is 4.21 Å². The second-order valence-electron chi connectivity index (χ2n) is 6.77. The molecule has 2 atom stereocenters. The van der Waals surface area contributed by atoms with Crippen LogP contribution in [-0.2, 0) is 15.5 Å². The van der Waals surface area contributed by atoms with Crippen LogP contribution in [0.5, 0.6) is 0 Å². The van der Waals surface area contributed by atoms with E-state index in [0.717, 1.165) is 17.5 Å². The summed E-state index contributed by atoms with van der Waals surface area (Å²) in [5.41, 5.74) is 7.32. The molecule has 114 valence electrons. The van der Waals surface area contributed by atoms with Gasteiger partial charge in [0.25, 0.3) is 0 Å². The fraction of sp³-hybridized carbons (Fsp3) is 0.533. The Bertz CT molecular complexity index is 721. The highest BCUT2D eigenvalue weighted by atomic mass is 32.2. The number of nitrogens with two attached hydrogens (primary N) is 1. The third kappa shape index (κ3) is 2.58. The zero-order chi connectivity index (χ0) is 15.4. The minimum atomic E-state index is -1.25. The van der Waals surface area contributed by atoms with Crippen molar-refractivity contribution in [2.45, 2.75) is 55.7 Å². The Hall–Kier alpha value is -1.40. The van der Waals surface area contributed by atoms with Crippen LogP contribution in [0.25, 0.3) is 11.0 Å². The van der Waals surface area contributed by atoms with E-state index in [-0.39, 0.29) is 10.9 Å². The van der Waals surface area contributed by atoms with E-state index in [1.54, 1.807) is 6.07 Å². The molecule has 0 radical (unpaired) electrons. The summed E-state index contributed by atoms with van der Waals surface area (Å²) in [5, 5.41) is 0.403. The van der Waals surface area contributed by atoms with Crippen molar-refractivity contribution in [3.8, 4) is 0 Å². The Morgan fingerprint density at radius 1 is 1.38 bits per heavy atom. The standard InChI is InChI=1S/C15H21N3O2S/c1-14(2)8-12(15(3,4)20-14)21(19)13-17-10-6-5-9(16)7-11(10)18-13/h5-7,12H,8,16H2,1-4H3,(H,17,18). The summed E-state index contributed by atoms with van der Waals surface area (Å²) in [6.07, 6.45) is 0.742. The Labute approximate surface area is 126 Å². The quantitative estimate of drug-likeness (QED) is 0.836. The number of aromatic amines is 1. The SMILES string of the molecule is CC1(C)CC(S(=O)c2nc3ccc(N)cc3[nH]2)C(C)(C)O1. The van der Waals surface area contributed by atoms with E-state index >= 15 is 0 Å². The highest BCUT2D eigenvalue weighted by Crippen LogP contribution is 2.41. The second kappa shape index (κ2) is 4.55. The maximum absolute atomic E-state index is 12.9. The first-order chi connectivity index (χ1) is 9.68. The number of nitrogens with zero attached hydrogens (tertiary/aromatic N) is 1. The van der Waals surface area contributed by atoms with Gasteiger partial charge in [-0.05, 0) is 52.3 Å². The molecule has 1 aliphatic heterocycles. The molecular weight excluding hydrogens is 286 g/mol. The van der Waals surface area contributed by atoms with Crippen LogP contribution >= 0.6 is 0 Å². The normalized spacial score (nSPS) is 25.2. The number of fused-ring (bicyclic) bond motifs is 1. The number of anilines is 1. The molecule has 1 aromatic carbocycles. The predicted octanol–water partition coefficient (Wildman–Crippen LogP) is 2.60. The van der Waals surface area contributed by atoms with E-state index in [1.165, 1.54) is 0 Å². The number of H-pyrrole nitrogens is 1. The van der Waals surface area contributed by atoms with Crippen molar-refractivity contribution >= 4 is 27.5 Å². The van der Waals surface area contributed by atoms with E-state index in [9.17, 15) is 4.21 Å². The van der Waals surface area contributed by atoms with Crippen LogP contribution in [0, 0.1) is 0 Å². The highest BCUT2D eigenvalue weighted by molar-refractivity contribution is 7.85. The van der Waals surface area contributed by atoms with Gasteiger partial charge in [-0.25, -0.2) is 4.98 Å². The van der Waals surface area contributed by atoms with Crippen molar-refractivity contribution in [1.82, 2.24) is 9.97 Å². The molecule has 0 spiro atoms. The molecule has 2 aromatic rings. The van der Waals surface area contributed by atoms with Gasteiger partial charge < -0.3 is 15.5 Å². The van der Waals surface area contributed by atoms with Crippen molar-refractivity contribution in [2.75, 3.05) is 5.73 Å². The zero-order valence-electron chi connectivity index (χ0n) is 12.8. The van der Waals surface area contributed by atoms with Crippen LogP contribution < -0.4 is 5.73 Å². The minimum absolute atomic E-state index is 0.0922.